The van der Waals surface area contributed by atoms with Crippen LogP contribution in [-0.4, -0.2) is 11.8 Å². The average Bonchev–Trinajstić information content (AvgIpc) is 3.32. The fourth-order valence-corrected chi connectivity index (χ4v) is 4.04. The maximum Gasteiger partial charge on any atom is 0.291 e. The lowest BCUT2D eigenvalue weighted by Crippen LogP contribution is -2.12. The van der Waals surface area contributed by atoms with Crippen LogP contribution < -0.4 is 10.6 Å². The van der Waals surface area contributed by atoms with E-state index < -0.39 is 0 Å². The van der Waals surface area contributed by atoms with E-state index in [1.165, 1.54) is 16.7 Å². The van der Waals surface area contributed by atoms with Gasteiger partial charge in [0.05, 0.1) is 11.1 Å². The van der Waals surface area contributed by atoms with Crippen LogP contribution >= 0.6 is 11.3 Å². The Hall–Kier alpha value is -2.86. The van der Waals surface area contributed by atoms with Gasteiger partial charge in [-0.1, -0.05) is 26.3 Å². The predicted octanol–water partition coefficient (Wildman–Crippen LogP) is 5.36. The lowest BCUT2D eigenvalue weighted by Gasteiger charge is -2.07. The molecule has 3 rings (SSSR count). The number of thiophene rings is 1. The lowest BCUT2D eigenvalue weighted by molar-refractivity contribution is 0.0995. The molecule has 6 heteroatoms. The smallest absolute Gasteiger partial charge is 0.291 e. The Bertz CT molecular complexity index is 929. The van der Waals surface area contributed by atoms with Gasteiger partial charge in [-0.3, -0.25) is 9.59 Å². The Morgan fingerprint density at radius 3 is 2.37 bits per heavy atom. The number of nitrogens with one attached hydrogen (secondary N) is 2. The molecule has 2 aromatic heterocycles. The van der Waals surface area contributed by atoms with Crippen molar-refractivity contribution in [3.8, 4) is 0 Å². The molecule has 0 aliphatic rings. The molecule has 0 aliphatic carbocycles. The van der Waals surface area contributed by atoms with Crippen molar-refractivity contribution in [1.29, 1.82) is 0 Å². The van der Waals surface area contributed by atoms with Crippen molar-refractivity contribution in [2.75, 3.05) is 10.6 Å². The van der Waals surface area contributed by atoms with E-state index in [1.807, 2.05) is 6.07 Å². The second kappa shape index (κ2) is 8.68. The summed E-state index contributed by atoms with van der Waals surface area (Å²) in [7, 11) is 0. The summed E-state index contributed by atoms with van der Waals surface area (Å²) in [5.74, 6) is -0.233. The first-order valence-electron chi connectivity index (χ1n) is 8.98. The Labute approximate surface area is 162 Å². The van der Waals surface area contributed by atoms with E-state index in [0.29, 0.717) is 16.3 Å². The zero-order chi connectivity index (χ0) is 19.2. The molecule has 0 spiro atoms. The maximum atomic E-state index is 12.6. The van der Waals surface area contributed by atoms with Gasteiger partial charge in [-0.05, 0) is 54.8 Å². The number of amides is 2. The third kappa shape index (κ3) is 4.65. The first kappa shape index (κ1) is 18.9. The monoisotopic (exact) mass is 382 g/mol. The summed E-state index contributed by atoms with van der Waals surface area (Å²) < 4.78 is 5.08. The Morgan fingerprint density at radius 2 is 1.74 bits per heavy atom. The fraction of sp³-hybridized carbons (Fsp3) is 0.238. The second-order valence-electron chi connectivity index (χ2n) is 6.13. The van der Waals surface area contributed by atoms with Crippen LogP contribution in [-0.2, 0) is 12.8 Å². The van der Waals surface area contributed by atoms with Gasteiger partial charge in [0.1, 0.15) is 0 Å². The van der Waals surface area contributed by atoms with Gasteiger partial charge in [0, 0.05) is 16.3 Å². The number of hydrogen-bond donors (Lipinski definition) is 2. The summed E-state index contributed by atoms with van der Waals surface area (Å²) in [6.07, 6.45) is 4.43. The zero-order valence-corrected chi connectivity index (χ0v) is 16.2. The van der Waals surface area contributed by atoms with E-state index in [0.717, 1.165) is 19.3 Å². The van der Waals surface area contributed by atoms with Crippen LogP contribution in [0.2, 0.25) is 0 Å². The van der Waals surface area contributed by atoms with Crippen molar-refractivity contribution in [1.82, 2.24) is 0 Å². The number of aryl methyl sites for hydroxylation is 2. The molecule has 5 nitrogen and oxygen atoms in total. The highest BCUT2D eigenvalue weighted by molar-refractivity contribution is 7.14. The van der Waals surface area contributed by atoms with Gasteiger partial charge < -0.3 is 15.1 Å². The van der Waals surface area contributed by atoms with Gasteiger partial charge in [0.2, 0.25) is 0 Å². The summed E-state index contributed by atoms with van der Waals surface area (Å²) in [5.41, 5.74) is 2.45. The van der Waals surface area contributed by atoms with Crippen molar-refractivity contribution in [2.45, 2.75) is 33.1 Å². The molecular weight excluding hydrogens is 360 g/mol. The lowest BCUT2D eigenvalue weighted by atomic mass is 10.1. The third-order valence-corrected chi connectivity index (χ3v) is 5.34. The fourth-order valence-electron chi connectivity index (χ4n) is 2.78. The van der Waals surface area contributed by atoms with Gasteiger partial charge in [0.25, 0.3) is 11.8 Å². The molecule has 2 heterocycles. The summed E-state index contributed by atoms with van der Waals surface area (Å²) in [6, 6.07) is 12.3. The SMILES string of the molecule is CCCc1sc(C(=O)Nc2cccc(NC(=O)c3ccco3)c2)cc1CC. The highest BCUT2D eigenvalue weighted by Crippen LogP contribution is 2.26. The maximum absolute atomic E-state index is 12.6. The highest BCUT2D eigenvalue weighted by atomic mass is 32.1. The standard InChI is InChI=1S/C21H22N2O3S/c1-3-7-18-14(4-2)12-19(27-18)21(25)23-16-9-5-8-15(13-16)22-20(24)17-10-6-11-26-17/h5-6,8-13H,3-4,7H2,1-2H3,(H,22,24)(H,23,25). The highest BCUT2D eigenvalue weighted by Gasteiger charge is 2.14. The molecule has 0 saturated heterocycles. The number of anilines is 2. The Kier molecular flexibility index (Phi) is 6.08. The number of hydrogen-bond acceptors (Lipinski definition) is 4. The van der Waals surface area contributed by atoms with E-state index in [9.17, 15) is 9.59 Å². The number of furan rings is 1. The second-order valence-corrected chi connectivity index (χ2v) is 7.27. The Balaban J connectivity index is 1.70. The molecule has 0 aliphatic heterocycles. The molecule has 3 aromatic rings. The molecule has 27 heavy (non-hydrogen) atoms. The van der Waals surface area contributed by atoms with Gasteiger partial charge in [-0.2, -0.15) is 0 Å². The normalized spacial score (nSPS) is 10.6. The molecule has 0 fully saturated rings. The van der Waals surface area contributed by atoms with Crippen molar-refractivity contribution >= 4 is 34.5 Å². The molecule has 0 bridgehead atoms. The van der Waals surface area contributed by atoms with Crippen LogP contribution in [0.15, 0.2) is 53.1 Å². The first-order valence-corrected chi connectivity index (χ1v) is 9.80. The quantitative estimate of drug-likeness (QED) is 0.578. The number of rotatable bonds is 7. The third-order valence-electron chi connectivity index (χ3n) is 4.10. The zero-order valence-electron chi connectivity index (χ0n) is 15.4. The van der Waals surface area contributed by atoms with E-state index in [1.54, 1.807) is 47.7 Å². The van der Waals surface area contributed by atoms with Crippen molar-refractivity contribution < 1.29 is 14.0 Å². The minimum absolute atomic E-state index is 0.133. The summed E-state index contributed by atoms with van der Waals surface area (Å²) in [4.78, 5) is 26.7. The van der Waals surface area contributed by atoms with Crippen LogP contribution in [0.1, 0.15) is 50.9 Å². The predicted molar refractivity (Wildman–Crippen MR) is 109 cm³/mol. The van der Waals surface area contributed by atoms with Crippen LogP contribution in [0.4, 0.5) is 11.4 Å². The van der Waals surface area contributed by atoms with Gasteiger partial charge in [-0.25, -0.2) is 0 Å². The molecule has 0 unspecified atom stereocenters. The molecule has 2 amide bonds. The minimum Gasteiger partial charge on any atom is -0.459 e. The van der Waals surface area contributed by atoms with Crippen LogP contribution in [0.5, 0.6) is 0 Å². The minimum atomic E-state index is -0.335. The average molecular weight is 382 g/mol. The van der Waals surface area contributed by atoms with Crippen LogP contribution in [0.25, 0.3) is 0 Å². The van der Waals surface area contributed by atoms with Gasteiger partial charge in [0.15, 0.2) is 5.76 Å². The van der Waals surface area contributed by atoms with Crippen molar-refractivity contribution in [3.63, 3.8) is 0 Å². The van der Waals surface area contributed by atoms with E-state index in [-0.39, 0.29) is 17.6 Å². The summed E-state index contributed by atoms with van der Waals surface area (Å²) >= 11 is 1.55. The van der Waals surface area contributed by atoms with E-state index in [4.69, 9.17) is 4.42 Å². The van der Waals surface area contributed by atoms with Gasteiger partial charge >= 0.3 is 0 Å². The first-order chi connectivity index (χ1) is 13.1. The van der Waals surface area contributed by atoms with Crippen molar-refractivity contribution in [2.24, 2.45) is 0 Å². The van der Waals surface area contributed by atoms with Crippen LogP contribution in [0, 0.1) is 0 Å². The largest absolute Gasteiger partial charge is 0.459 e. The number of carbonyl (C=O) groups excluding carboxylic acids is 2. The molecule has 140 valence electrons. The topological polar surface area (TPSA) is 71.3 Å². The Morgan fingerprint density at radius 1 is 1.00 bits per heavy atom. The number of carbonyl (C=O) groups is 2. The molecule has 1 aromatic carbocycles. The summed E-state index contributed by atoms with van der Waals surface area (Å²) in [5, 5.41) is 5.67. The molecule has 2 N–H and O–H groups in total. The molecule has 0 radical (unpaired) electrons. The summed E-state index contributed by atoms with van der Waals surface area (Å²) in [6.45, 7) is 4.25. The van der Waals surface area contributed by atoms with E-state index in [2.05, 4.69) is 24.5 Å². The molecular formula is C21H22N2O3S. The van der Waals surface area contributed by atoms with Gasteiger partial charge in [-0.15, -0.1) is 11.3 Å². The van der Waals surface area contributed by atoms with E-state index >= 15 is 0 Å². The molecule has 0 atom stereocenters. The number of benzene rings is 1. The molecule has 0 saturated carbocycles. The van der Waals surface area contributed by atoms with Crippen LogP contribution in [0.3, 0.4) is 0 Å². The van der Waals surface area contributed by atoms with Crippen molar-refractivity contribution in [3.05, 3.63) is 69.8 Å².